The lowest BCUT2D eigenvalue weighted by Crippen LogP contribution is -2.23. The average molecular weight is 238 g/mol. The minimum absolute atomic E-state index is 0.0202. The van der Waals surface area contributed by atoms with Crippen LogP contribution in [0.4, 0.5) is 0 Å². The summed E-state index contributed by atoms with van der Waals surface area (Å²) in [6.07, 6.45) is 1.90. The van der Waals surface area contributed by atoms with Gasteiger partial charge in [-0.15, -0.1) is 0 Å². The van der Waals surface area contributed by atoms with Gasteiger partial charge in [-0.25, -0.2) is 0 Å². The van der Waals surface area contributed by atoms with Crippen LogP contribution in [-0.2, 0) is 4.79 Å². The van der Waals surface area contributed by atoms with Gasteiger partial charge in [-0.1, -0.05) is 0 Å². The van der Waals surface area contributed by atoms with Crippen molar-refractivity contribution in [3.63, 3.8) is 0 Å². The Balaban J connectivity index is 2.30. The first-order chi connectivity index (χ1) is 7.22. The number of hydrogen-bond acceptors (Lipinski definition) is 4. The van der Waals surface area contributed by atoms with Crippen molar-refractivity contribution in [1.29, 1.82) is 0 Å². The molecule has 0 unspecified atom stereocenters. The zero-order chi connectivity index (χ0) is 10.8. The molecule has 3 nitrogen and oxygen atoms in total. The normalized spacial score (nSPS) is 22.0. The molecule has 0 spiro atoms. The number of amidine groups is 1. The Morgan fingerprint density at radius 3 is 2.87 bits per heavy atom. The molecule has 1 aliphatic heterocycles. The second-order valence-corrected chi connectivity index (χ2v) is 4.83. The summed E-state index contributed by atoms with van der Waals surface area (Å²) in [5.74, 6) is 0.0202. The van der Waals surface area contributed by atoms with E-state index in [1.165, 1.54) is 11.8 Å². The van der Waals surface area contributed by atoms with Crippen LogP contribution in [0.1, 0.15) is 5.56 Å². The molecular weight excluding hydrogens is 228 g/mol. The molecule has 1 aliphatic rings. The van der Waals surface area contributed by atoms with Crippen molar-refractivity contribution in [3.8, 4) is 0 Å². The van der Waals surface area contributed by atoms with E-state index in [1.54, 1.807) is 30.3 Å². The summed E-state index contributed by atoms with van der Waals surface area (Å²) in [4.78, 5) is 18.1. The highest BCUT2D eigenvalue weighted by Gasteiger charge is 2.29. The summed E-state index contributed by atoms with van der Waals surface area (Å²) in [5, 5.41) is 4.76. The molecule has 1 aromatic rings. The quantitative estimate of drug-likeness (QED) is 0.703. The summed E-state index contributed by atoms with van der Waals surface area (Å²) in [6.45, 7) is 0. The zero-order valence-electron chi connectivity index (χ0n) is 8.43. The molecule has 15 heavy (non-hydrogen) atoms. The minimum atomic E-state index is 0.0202. The Bertz CT molecular complexity index is 434. The molecule has 0 aliphatic carbocycles. The van der Waals surface area contributed by atoms with Crippen LogP contribution in [-0.4, -0.2) is 30.1 Å². The van der Waals surface area contributed by atoms with E-state index in [1.807, 2.05) is 22.9 Å². The number of amides is 1. The van der Waals surface area contributed by atoms with E-state index in [4.69, 9.17) is 0 Å². The molecule has 1 aromatic heterocycles. The van der Waals surface area contributed by atoms with Gasteiger partial charge in [0.25, 0.3) is 5.91 Å². The van der Waals surface area contributed by atoms with Gasteiger partial charge in [-0.05, 0) is 40.2 Å². The Morgan fingerprint density at radius 2 is 2.33 bits per heavy atom. The largest absolute Gasteiger partial charge is 0.290 e. The SMILES string of the molecule is CN=C1S/C(=C\c2ccsc2)C(=O)N1C. The number of rotatable bonds is 1. The Morgan fingerprint density at radius 1 is 1.53 bits per heavy atom. The molecule has 2 heterocycles. The third-order valence-electron chi connectivity index (χ3n) is 2.04. The van der Waals surface area contributed by atoms with Crippen LogP contribution >= 0.6 is 23.1 Å². The fourth-order valence-electron chi connectivity index (χ4n) is 1.26. The number of thioether (sulfide) groups is 1. The first kappa shape index (κ1) is 10.4. The van der Waals surface area contributed by atoms with Gasteiger partial charge >= 0.3 is 0 Å². The summed E-state index contributed by atoms with van der Waals surface area (Å²) in [7, 11) is 3.44. The monoisotopic (exact) mass is 238 g/mol. The summed E-state index contributed by atoms with van der Waals surface area (Å²) in [5.41, 5.74) is 1.07. The highest BCUT2D eigenvalue weighted by molar-refractivity contribution is 8.18. The van der Waals surface area contributed by atoms with Crippen molar-refractivity contribution in [3.05, 3.63) is 27.3 Å². The third kappa shape index (κ3) is 1.98. The van der Waals surface area contributed by atoms with Gasteiger partial charge < -0.3 is 0 Å². The lowest BCUT2D eigenvalue weighted by molar-refractivity contribution is -0.121. The van der Waals surface area contributed by atoms with Crippen molar-refractivity contribution in [2.24, 2.45) is 4.99 Å². The topological polar surface area (TPSA) is 32.7 Å². The van der Waals surface area contributed by atoms with Gasteiger partial charge in [0.05, 0.1) is 4.91 Å². The molecule has 0 saturated carbocycles. The summed E-state index contributed by atoms with van der Waals surface area (Å²) < 4.78 is 0. The predicted octanol–water partition coefficient (Wildman–Crippen LogP) is 2.28. The summed E-state index contributed by atoms with van der Waals surface area (Å²) >= 11 is 3.04. The van der Waals surface area contributed by atoms with Gasteiger partial charge in [0.2, 0.25) is 0 Å². The van der Waals surface area contributed by atoms with Gasteiger partial charge in [-0.2, -0.15) is 11.3 Å². The molecular formula is C10H10N2OS2. The number of carbonyl (C=O) groups is 1. The number of carbonyl (C=O) groups excluding carboxylic acids is 1. The smallest absolute Gasteiger partial charge is 0.266 e. The van der Waals surface area contributed by atoms with E-state index in [-0.39, 0.29) is 5.91 Å². The van der Waals surface area contributed by atoms with E-state index >= 15 is 0 Å². The van der Waals surface area contributed by atoms with E-state index in [0.29, 0.717) is 0 Å². The van der Waals surface area contributed by atoms with Crippen LogP contribution < -0.4 is 0 Å². The number of aliphatic imine (C=N–C) groups is 1. The molecule has 5 heteroatoms. The standard InChI is InChI=1S/C10H10N2OS2/c1-11-10-12(2)9(13)8(15-10)5-7-3-4-14-6-7/h3-6H,1-2H3/b8-5-,11-10?. The molecule has 0 atom stereocenters. The number of nitrogens with zero attached hydrogens (tertiary/aromatic N) is 2. The van der Waals surface area contributed by atoms with Crippen molar-refractivity contribution < 1.29 is 4.79 Å². The highest BCUT2D eigenvalue weighted by Crippen LogP contribution is 2.31. The Kier molecular flexibility index (Phi) is 2.93. The van der Waals surface area contributed by atoms with Crippen LogP contribution in [0.15, 0.2) is 26.7 Å². The molecule has 0 aromatic carbocycles. The van der Waals surface area contributed by atoms with Gasteiger partial charge in [0.1, 0.15) is 0 Å². The maximum atomic E-state index is 11.8. The number of thiophene rings is 1. The molecule has 0 N–H and O–H groups in total. The number of likely N-dealkylation sites (N-methyl/N-ethyl adjacent to an activating group) is 1. The third-order valence-corrected chi connectivity index (χ3v) is 3.89. The van der Waals surface area contributed by atoms with Crippen LogP contribution in [0.3, 0.4) is 0 Å². The van der Waals surface area contributed by atoms with E-state index < -0.39 is 0 Å². The fraction of sp³-hybridized carbons (Fsp3) is 0.200. The molecule has 78 valence electrons. The maximum absolute atomic E-state index is 11.8. The second kappa shape index (κ2) is 4.20. The molecule has 1 fully saturated rings. The molecule has 0 radical (unpaired) electrons. The highest BCUT2D eigenvalue weighted by atomic mass is 32.2. The number of hydrogen-bond donors (Lipinski definition) is 0. The predicted molar refractivity (Wildman–Crippen MR) is 66.0 cm³/mol. The molecule has 1 saturated heterocycles. The lowest BCUT2D eigenvalue weighted by Gasteiger charge is -2.04. The molecule has 2 rings (SSSR count). The van der Waals surface area contributed by atoms with Crippen molar-refractivity contribution in [2.75, 3.05) is 14.1 Å². The van der Waals surface area contributed by atoms with Crippen molar-refractivity contribution in [2.45, 2.75) is 0 Å². The van der Waals surface area contributed by atoms with E-state index in [9.17, 15) is 4.79 Å². The summed E-state index contributed by atoms with van der Waals surface area (Å²) in [6, 6.07) is 1.99. The minimum Gasteiger partial charge on any atom is -0.290 e. The van der Waals surface area contributed by atoms with Crippen LogP contribution in [0.25, 0.3) is 6.08 Å². The van der Waals surface area contributed by atoms with E-state index in [0.717, 1.165) is 15.6 Å². The fourth-order valence-corrected chi connectivity index (χ4v) is 2.80. The van der Waals surface area contributed by atoms with E-state index in [2.05, 4.69) is 4.99 Å². The second-order valence-electron chi connectivity index (χ2n) is 3.04. The van der Waals surface area contributed by atoms with Crippen LogP contribution in [0, 0.1) is 0 Å². The first-order valence-corrected chi connectivity index (χ1v) is 6.15. The van der Waals surface area contributed by atoms with Crippen molar-refractivity contribution >= 4 is 40.2 Å². The molecule has 1 amide bonds. The Hall–Kier alpha value is -1.07. The maximum Gasteiger partial charge on any atom is 0.266 e. The van der Waals surface area contributed by atoms with Gasteiger partial charge in [0, 0.05) is 14.1 Å². The van der Waals surface area contributed by atoms with Gasteiger partial charge in [0.15, 0.2) is 5.17 Å². The zero-order valence-corrected chi connectivity index (χ0v) is 10.1. The lowest BCUT2D eigenvalue weighted by atomic mass is 10.3. The first-order valence-electron chi connectivity index (χ1n) is 4.39. The van der Waals surface area contributed by atoms with Gasteiger partial charge in [-0.3, -0.25) is 14.7 Å². The van der Waals surface area contributed by atoms with Crippen LogP contribution in [0.2, 0.25) is 0 Å². The molecule has 0 bridgehead atoms. The Labute approximate surface area is 96.5 Å². The van der Waals surface area contributed by atoms with Crippen molar-refractivity contribution in [1.82, 2.24) is 4.90 Å². The van der Waals surface area contributed by atoms with Crippen LogP contribution in [0.5, 0.6) is 0 Å². The average Bonchev–Trinajstić information content (AvgIpc) is 2.82.